The highest BCUT2D eigenvalue weighted by atomic mass is 32.2. The Bertz CT molecular complexity index is 1550. The molecule has 32 heavy (non-hydrogen) atoms. The van der Waals surface area contributed by atoms with E-state index in [1.807, 2.05) is 48.8 Å². The summed E-state index contributed by atoms with van der Waals surface area (Å²) < 4.78 is 29.6. The van der Waals surface area contributed by atoms with E-state index >= 15 is 0 Å². The molecule has 0 aliphatic heterocycles. The molecule has 9 heteroatoms. The lowest BCUT2D eigenvalue weighted by Crippen LogP contribution is -2.23. The van der Waals surface area contributed by atoms with Crippen molar-refractivity contribution in [2.24, 2.45) is 0 Å². The number of sulfonamides is 1. The lowest BCUT2D eigenvalue weighted by atomic mass is 10.2. The highest BCUT2D eigenvalue weighted by Crippen LogP contribution is 2.29. The quantitative estimate of drug-likeness (QED) is 0.378. The van der Waals surface area contributed by atoms with Crippen molar-refractivity contribution >= 4 is 53.9 Å². The van der Waals surface area contributed by atoms with E-state index in [9.17, 15) is 8.42 Å². The zero-order valence-electron chi connectivity index (χ0n) is 17.1. The zero-order valence-corrected chi connectivity index (χ0v) is 18.7. The second-order valence-electron chi connectivity index (χ2n) is 7.29. The summed E-state index contributed by atoms with van der Waals surface area (Å²) in [5, 5.41) is 4.08. The van der Waals surface area contributed by atoms with Crippen molar-refractivity contribution in [3.05, 3.63) is 83.8 Å². The number of thiazole rings is 1. The SMILES string of the molecule is Cc1cccc(CNS(=O)(=O)c2ccc3nccc(Nc4ccc5scnc5c4)c3c2)n1. The number of hydrogen-bond donors (Lipinski definition) is 2. The summed E-state index contributed by atoms with van der Waals surface area (Å²) in [6, 6.07) is 18.2. The summed E-state index contributed by atoms with van der Waals surface area (Å²) in [5.74, 6) is 0. The molecule has 0 unspecified atom stereocenters. The van der Waals surface area contributed by atoms with Crippen LogP contribution >= 0.6 is 11.3 Å². The van der Waals surface area contributed by atoms with Gasteiger partial charge in [0, 0.05) is 28.7 Å². The molecule has 0 fully saturated rings. The first-order valence-electron chi connectivity index (χ1n) is 9.89. The lowest BCUT2D eigenvalue weighted by Gasteiger charge is -2.12. The molecule has 0 aliphatic rings. The van der Waals surface area contributed by atoms with Gasteiger partial charge >= 0.3 is 0 Å². The van der Waals surface area contributed by atoms with Gasteiger partial charge in [0.25, 0.3) is 0 Å². The second-order valence-corrected chi connectivity index (χ2v) is 9.95. The van der Waals surface area contributed by atoms with Gasteiger partial charge in [0.15, 0.2) is 0 Å². The standard InChI is InChI=1S/C23H19N5O2S2/c1-15-3-2-4-17(27-15)13-26-32(29,30)18-6-7-20-19(12-18)21(9-10-24-20)28-16-5-8-23-22(11-16)25-14-31-23/h2-12,14,26H,13H2,1H3,(H,24,28). The van der Waals surface area contributed by atoms with Crippen LogP contribution in [0.1, 0.15) is 11.4 Å². The topological polar surface area (TPSA) is 96.9 Å². The Labute approximate surface area is 189 Å². The maximum atomic E-state index is 12.9. The molecule has 0 atom stereocenters. The molecule has 0 spiro atoms. The van der Waals surface area contributed by atoms with Crippen LogP contribution < -0.4 is 10.0 Å². The predicted octanol–water partition coefficient (Wildman–Crippen LogP) is 4.77. The molecule has 3 heterocycles. The molecule has 2 N–H and O–H groups in total. The number of nitrogens with zero attached hydrogens (tertiary/aromatic N) is 3. The van der Waals surface area contributed by atoms with E-state index in [1.165, 1.54) is 0 Å². The Balaban J connectivity index is 1.45. The van der Waals surface area contributed by atoms with E-state index in [1.54, 1.807) is 41.8 Å². The Morgan fingerprint density at radius 2 is 1.88 bits per heavy atom. The fourth-order valence-electron chi connectivity index (χ4n) is 3.44. The van der Waals surface area contributed by atoms with E-state index in [2.05, 4.69) is 25.0 Å². The third kappa shape index (κ3) is 4.18. The third-order valence-electron chi connectivity index (χ3n) is 5.02. The number of benzene rings is 2. The number of hydrogen-bond acceptors (Lipinski definition) is 7. The van der Waals surface area contributed by atoms with E-state index in [0.717, 1.165) is 27.3 Å². The van der Waals surface area contributed by atoms with Gasteiger partial charge in [-0.25, -0.2) is 18.1 Å². The fourth-order valence-corrected chi connectivity index (χ4v) is 5.13. The van der Waals surface area contributed by atoms with Crippen molar-refractivity contribution in [3.63, 3.8) is 0 Å². The minimum absolute atomic E-state index is 0.119. The number of nitrogens with one attached hydrogen (secondary N) is 2. The summed E-state index contributed by atoms with van der Waals surface area (Å²) in [7, 11) is -3.73. The van der Waals surface area contributed by atoms with Crippen LogP contribution in [0.2, 0.25) is 0 Å². The largest absolute Gasteiger partial charge is 0.355 e. The van der Waals surface area contributed by atoms with Gasteiger partial charge in [0.05, 0.1) is 38.4 Å². The number of aromatic nitrogens is 3. The molecule has 3 aromatic heterocycles. The molecule has 5 rings (SSSR count). The summed E-state index contributed by atoms with van der Waals surface area (Å²) in [5.41, 5.74) is 6.56. The highest BCUT2D eigenvalue weighted by molar-refractivity contribution is 7.89. The molecular weight excluding hydrogens is 442 g/mol. The molecular formula is C23H19N5O2S2. The van der Waals surface area contributed by atoms with Crippen LogP contribution in [0, 0.1) is 6.92 Å². The Hall–Kier alpha value is -3.40. The van der Waals surface area contributed by atoms with E-state index in [0.29, 0.717) is 16.6 Å². The first kappa shape index (κ1) is 20.5. The molecule has 0 bridgehead atoms. The monoisotopic (exact) mass is 461 g/mol. The van der Waals surface area contributed by atoms with Crippen molar-refractivity contribution in [2.45, 2.75) is 18.4 Å². The molecule has 0 amide bonds. The van der Waals surface area contributed by atoms with E-state index in [-0.39, 0.29) is 11.4 Å². The number of aryl methyl sites for hydroxylation is 1. The third-order valence-corrected chi connectivity index (χ3v) is 7.23. The average molecular weight is 462 g/mol. The molecule has 0 saturated heterocycles. The first-order chi connectivity index (χ1) is 15.5. The summed E-state index contributed by atoms with van der Waals surface area (Å²) in [6.07, 6.45) is 1.70. The maximum absolute atomic E-state index is 12.9. The van der Waals surface area contributed by atoms with Gasteiger partial charge in [-0.05, 0) is 61.5 Å². The Morgan fingerprint density at radius 1 is 0.969 bits per heavy atom. The van der Waals surface area contributed by atoms with Crippen molar-refractivity contribution in [1.29, 1.82) is 0 Å². The van der Waals surface area contributed by atoms with E-state index < -0.39 is 10.0 Å². The van der Waals surface area contributed by atoms with Crippen LogP contribution in [0.3, 0.4) is 0 Å². The number of fused-ring (bicyclic) bond motifs is 2. The minimum atomic E-state index is -3.73. The van der Waals surface area contributed by atoms with Crippen molar-refractivity contribution in [2.75, 3.05) is 5.32 Å². The summed E-state index contributed by atoms with van der Waals surface area (Å²) in [6.45, 7) is 1.99. The molecule has 5 aromatic rings. The van der Waals surface area contributed by atoms with Gasteiger partial charge < -0.3 is 5.32 Å². The Morgan fingerprint density at radius 3 is 2.75 bits per heavy atom. The van der Waals surface area contributed by atoms with Crippen LogP contribution in [0.25, 0.3) is 21.1 Å². The second kappa shape index (κ2) is 8.27. The van der Waals surface area contributed by atoms with Gasteiger partial charge in [-0.3, -0.25) is 9.97 Å². The number of pyridine rings is 2. The minimum Gasteiger partial charge on any atom is -0.355 e. The molecule has 160 valence electrons. The van der Waals surface area contributed by atoms with Gasteiger partial charge in [0.2, 0.25) is 10.0 Å². The Kier molecular flexibility index (Phi) is 5.30. The van der Waals surface area contributed by atoms with Crippen LogP contribution in [0.4, 0.5) is 11.4 Å². The van der Waals surface area contributed by atoms with Gasteiger partial charge in [-0.15, -0.1) is 11.3 Å². The van der Waals surface area contributed by atoms with Crippen LogP contribution in [-0.4, -0.2) is 23.4 Å². The van der Waals surface area contributed by atoms with Gasteiger partial charge in [-0.2, -0.15) is 0 Å². The smallest absolute Gasteiger partial charge is 0.240 e. The first-order valence-corrected chi connectivity index (χ1v) is 12.3. The van der Waals surface area contributed by atoms with Crippen molar-refractivity contribution in [1.82, 2.24) is 19.7 Å². The van der Waals surface area contributed by atoms with Gasteiger partial charge in [0.1, 0.15) is 0 Å². The predicted molar refractivity (Wildman–Crippen MR) is 128 cm³/mol. The normalized spacial score (nSPS) is 11.8. The average Bonchev–Trinajstić information content (AvgIpc) is 3.26. The molecule has 0 aliphatic carbocycles. The number of anilines is 2. The zero-order chi connectivity index (χ0) is 22.1. The lowest BCUT2D eigenvalue weighted by molar-refractivity contribution is 0.580. The van der Waals surface area contributed by atoms with E-state index in [4.69, 9.17) is 0 Å². The molecule has 0 radical (unpaired) electrons. The van der Waals surface area contributed by atoms with Crippen molar-refractivity contribution < 1.29 is 8.42 Å². The highest BCUT2D eigenvalue weighted by Gasteiger charge is 2.16. The van der Waals surface area contributed by atoms with Crippen LogP contribution in [-0.2, 0) is 16.6 Å². The molecule has 2 aromatic carbocycles. The van der Waals surface area contributed by atoms with Gasteiger partial charge in [-0.1, -0.05) is 6.07 Å². The molecule has 7 nitrogen and oxygen atoms in total. The van der Waals surface area contributed by atoms with Crippen molar-refractivity contribution in [3.8, 4) is 0 Å². The maximum Gasteiger partial charge on any atom is 0.240 e. The fraction of sp³-hybridized carbons (Fsp3) is 0.0870. The summed E-state index contributed by atoms with van der Waals surface area (Å²) in [4.78, 5) is 13.2. The number of rotatable bonds is 6. The van der Waals surface area contributed by atoms with Crippen LogP contribution in [0.5, 0.6) is 0 Å². The van der Waals surface area contributed by atoms with Crippen LogP contribution in [0.15, 0.2) is 77.3 Å². The molecule has 0 saturated carbocycles. The summed E-state index contributed by atoms with van der Waals surface area (Å²) >= 11 is 1.59.